The smallest absolute Gasteiger partial charge is 0.167 e. The molecule has 33 heavy (non-hydrogen) atoms. The van der Waals surface area contributed by atoms with Crippen LogP contribution in [0, 0.1) is 20.8 Å². The number of aromatic nitrogens is 4. The molecule has 0 spiro atoms. The topological polar surface area (TPSA) is 55.6 Å². The third-order valence-electron chi connectivity index (χ3n) is 4.58. The molecule has 0 aliphatic heterocycles. The molecular weight excluding hydrogens is 604 g/mol. The molecular formula is C23H30ClIN5PS2. The van der Waals surface area contributed by atoms with Crippen LogP contribution >= 0.6 is 63.1 Å². The number of hydrogen-bond acceptors (Lipinski definition) is 6. The summed E-state index contributed by atoms with van der Waals surface area (Å²) in [4.78, 5) is 16.3. The van der Waals surface area contributed by atoms with Gasteiger partial charge in [0.15, 0.2) is 5.65 Å². The molecule has 0 saturated heterocycles. The number of anilines is 2. The third kappa shape index (κ3) is 6.40. The highest BCUT2D eigenvalue weighted by molar-refractivity contribution is 14.2. The quantitative estimate of drug-likeness (QED) is 0.103. The van der Waals surface area contributed by atoms with Crippen molar-refractivity contribution in [2.24, 2.45) is 0 Å². The van der Waals surface area contributed by atoms with Gasteiger partial charge in [-0.1, -0.05) is 39.3 Å². The highest BCUT2D eigenvalue weighted by Crippen LogP contribution is 2.38. The van der Waals surface area contributed by atoms with E-state index in [2.05, 4.69) is 75.0 Å². The zero-order chi connectivity index (χ0) is 24.7. The number of halogens is 2. The number of benzene rings is 1. The fourth-order valence-electron chi connectivity index (χ4n) is 2.99. The van der Waals surface area contributed by atoms with E-state index in [1.54, 1.807) is 23.1 Å². The van der Waals surface area contributed by atoms with Gasteiger partial charge < -0.3 is 5.32 Å². The number of hydrogen-bond donors (Lipinski definition) is 1. The third-order valence-corrected chi connectivity index (χ3v) is 8.83. The molecule has 5 nitrogen and oxygen atoms in total. The molecule has 4 aromatic rings. The van der Waals surface area contributed by atoms with Gasteiger partial charge in [0.25, 0.3) is 0 Å². The Morgan fingerprint density at radius 3 is 2.30 bits per heavy atom. The minimum absolute atomic E-state index is 0.451. The summed E-state index contributed by atoms with van der Waals surface area (Å²) in [5.74, 6) is 0.931. The molecule has 1 aromatic carbocycles. The van der Waals surface area contributed by atoms with E-state index < -0.39 is 0 Å². The summed E-state index contributed by atoms with van der Waals surface area (Å²) in [5, 5.41) is 5.03. The monoisotopic (exact) mass is 633 g/mol. The van der Waals surface area contributed by atoms with E-state index >= 15 is 0 Å². The average molecular weight is 634 g/mol. The highest BCUT2D eigenvalue weighted by Gasteiger charge is 2.16. The van der Waals surface area contributed by atoms with Crippen molar-refractivity contribution < 1.29 is 0 Å². The van der Waals surface area contributed by atoms with Crippen molar-refractivity contribution in [2.75, 3.05) is 11.6 Å². The molecule has 0 aliphatic carbocycles. The lowest BCUT2D eigenvalue weighted by atomic mass is 10.2. The number of rotatable bonds is 5. The van der Waals surface area contributed by atoms with Gasteiger partial charge >= 0.3 is 0 Å². The average Bonchev–Trinajstić information content (AvgIpc) is 3.34. The first kappa shape index (κ1) is 28.3. The van der Waals surface area contributed by atoms with Crippen molar-refractivity contribution >= 4 is 85.7 Å². The van der Waals surface area contributed by atoms with Gasteiger partial charge in [-0.25, -0.2) is 15.0 Å². The van der Waals surface area contributed by atoms with Crippen molar-refractivity contribution in [3.8, 4) is 10.6 Å². The number of pyridine rings is 1. The lowest BCUT2D eigenvalue weighted by Gasteiger charge is -2.13. The maximum atomic E-state index is 6.32. The Kier molecular flexibility index (Phi) is 11.4. The second-order valence-corrected chi connectivity index (χ2v) is 10.9. The Morgan fingerprint density at radius 1 is 1.03 bits per heavy atom. The highest BCUT2D eigenvalue weighted by atomic mass is 127. The van der Waals surface area contributed by atoms with Crippen molar-refractivity contribution in [1.82, 2.24) is 19.3 Å². The first-order chi connectivity index (χ1) is 15.9. The van der Waals surface area contributed by atoms with E-state index in [0.29, 0.717) is 11.5 Å². The predicted molar refractivity (Wildman–Crippen MR) is 160 cm³/mol. The number of nitrogens with one attached hydrogen (secondary N) is 1. The molecule has 0 aliphatic rings. The van der Waals surface area contributed by atoms with E-state index in [9.17, 15) is 0 Å². The summed E-state index contributed by atoms with van der Waals surface area (Å²) in [6.45, 7) is 14.2. The van der Waals surface area contributed by atoms with E-state index in [0.717, 1.165) is 49.5 Å². The van der Waals surface area contributed by atoms with Crippen LogP contribution in [0.15, 0.2) is 29.2 Å². The van der Waals surface area contributed by atoms with Gasteiger partial charge in [-0.2, -0.15) is 0 Å². The number of thiazole rings is 1. The summed E-state index contributed by atoms with van der Waals surface area (Å²) in [5.41, 5.74) is 5.73. The molecule has 0 radical (unpaired) electrons. The Bertz CT molecular complexity index is 1210. The summed E-state index contributed by atoms with van der Waals surface area (Å²) in [7, 11) is 0. The van der Waals surface area contributed by atoms with Gasteiger partial charge in [0.05, 0.1) is 23.4 Å². The molecule has 10 heteroatoms. The molecule has 0 fully saturated rings. The lowest BCUT2D eigenvalue weighted by Crippen LogP contribution is -1.96. The van der Waals surface area contributed by atoms with Crippen molar-refractivity contribution in [2.45, 2.75) is 53.4 Å². The molecule has 1 N–H and O–H groups in total. The van der Waals surface area contributed by atoms with Crippen LogP contribution in [0.25, 0.3) is 21.7 Å². The minimum Gasteiger partial charge on any atom is -0.353 e. The van der Waals surface area contributed by atoms with Gasteiger partial charge in [-0.05, 0) is 67.3 Å². The largest absolute Gasteiger partial charge is 0.353 e. The van der Waals surface area contributed by atoms with Gasteiger partial charge in [-0.15, -0.1) is 23.1 Å². The number of fused-ring (bicyclic) bond motifs is 1. The Balaban J connectivity index is 0.000000914. The fourth-order valence-corrected chi connectivity index (χ4v) is 6.82. The van der Waals surface area contributed by atoms with Crippen molar-refractivity contribution in [1.29, 1.82) is 0 Å². The van der Waals surface area contributed by atoms with Gasteiger partial charge in [0, 0.05) is 21.4 Å². The van der Waals surface area contributed by atoms with Crippen LogP contribution in [0.1, 0.15) is 44.1 Å². The first-order valence-corrected chi connectivity index (χ1v) is 17.2. The zero-order valence-corrected chi connectivity index (χ0v) is 25.7. The van der Waals surface area contributed by atoms with E-state index in [1.165, 1.54) is 4.88 Å². The molecule has 1 atom stereocenters. The van der Waals surface area contributed by atoms with E-state index in [-0.39, 0.29) is 0 Å². The number of aryl methyl sites for hydroxylation is 3. The second kappa shape index (κ2) is 13.2. The van der Waals surface area contributed by atoms with Gasteiger partial charge in [-0.3, -0.25) is 4.34 Å². The van der Waals surface area contributed by atoms with Crippen LogP contribution in [0.2, 0.25) is 5.15 Å². The van der Waals surface area contributed by atoms with E-state index in [1.807, 2.05) is 40.7 Å². The van der Waals surface area contributed by atoms with Gasteiger partial charge in [0.2, 0.25) is 0 Å². The molecule has 0 bridgehead atoms. The molecule has 3 heterocycles. The normalized spacial score (nSPS) is 10.7. The van der Waals surface area contributed by atoms with Crippen LogP contribution in [0.5, 0.6) is 0 Å². The number of imidazole rings is 1. The second-order valence-electron chi connectivity index (χ2n) is 6.44. The summed E-state index contributed by atoms with van der Waals surface area (Å²) in [6, 6.07) is 8.22. The number of nitrogens with zero attached hydrogens (tertiary/aromatic N) is 4. The first-order valence-electron chi connectivity index (χ1n) is 10.7. The lowest BCUT2D eigenvalue weighted by molar-refractivity contribution is 1.10. The molecule has 3 aromatic heterocycles. The van der Waals surface area contributed by atoms with Gasteiger partial charge in [0.1, 0.15) is 21.5 Å². The maximum Gasteiger partial charge on any atom is 0.167 e. The molecule has 0 saturated carbocycles. The minimum atomic E-state index is 0.451. The Morgan fingerprint density at radius 2 is 1.73 bits per heavy atom. The van der Waals surface area contributed by atoms with Crippen LogP contribution in [0.3, 0.4) is 0 Å². The predicted octanol–water partition coefficient (Wildman–Crippen LogP) is 9.44. The van der Waals surface area contributed by atoms with E-state index in [4.69, 9.17) is 21.6 Å². The molecule has 178 valence electrons. The van der Waals surface area contributed by atoms with Crippen LogP contribution in [-0.4, -0.2) is 25.5 Å². The van der Waals surface area contributed by atoms with Crippen LogP contribution in [-0.2, 0) is 0 Å². The molecule has 1 unspecified atom stereocenters. The summed E-state index contributed by atoms with van der Waals surface area (Å²) < 4.78 is 2.08. The summed E-state index contributed by atoms with van der Waals surface area (Å²) in [6.07, 6.45) is 2.59. The Labute approximate surface area is 224 Å². The van der Waals surface area contributed by atoms with Crippen LogP contribution < -0.4 is 5.32 Å². The van der Waals surface area contributed by atoms with Crippen molar-refractivity contribution in [3.05, 3.63) is 45.8 Å². The zero-order valence-electron chi connectivity index (χ0n) is 20.2. The van der Waals surface area contributed by atoms with Crippen LogP contribution in [0.4, 0.5) is 11.4 Å². The molecule has 4 rings (SSSR count). The number of thioether (sulfide) groups is 1. The Hall–Kier alpha value is -0.930. The fraction of sp³-hybridized carbons (Fsp3) is 0.348. The summed E-state index contributed by atoms with van der Waals surface area (Å²) >= 11 is 12.1. The van der Waals surface area contributed by atoms with Crippen molar-refractivity contribution in [3.63, 3.8) is 0 Å². The standard InChI is InChI=1S/C19H18ClIN5PS2.2C2H6/c1-9-10(2)29-19(22-9)12-5-6-13(15(7-12)28-4)24-14-8-16(20)25-18-17(14)23-11(3)26(18)27-21;2*1-2/h5-8,27H,1-4H3,(H,24,25);2*1-2H3. The maximum absolute atomic E-state index is 6.32. The molecule has 0 amide bonds. The SMILES string of the molecule is CC.CC.CSc1cc(-c2nc(C)c(C)s2)ccc1Nc1cc(Cl)nc2c1nc(C)n2PI.